The fourth-order valence-corrected chi connectivity index (χ4v) is 1.48. The van der Waals surface area contributed by atoms with Crippen molar-refractivity contribution in [3.63, 3.8) is 0 Å². The van der Waals surface area contributed by atoms with Crippen molar-refractivity contribution in [2.75, 3.05) is 17.7 Å². The molecule has 0 amide bonds. The molecule has 2 aromatic rings. The van der Waals surface area contributed by atoms with Gasteiger partial charge in [0.05, 0.1) is 23.8 Å². The van der Waals surface area contributed by atoms with Gasteiger partial charge >= 0.3 is 0 Å². The van der Waals surface area contributed by atoms with Gasteiger partial charge in [0.25, 0.3) is 0 Å². The van der Waals surface area contributed by atoms with Crippen molar-refractivity contribution in [2.45, 2.75) is 6.92 Å². The molecule has 0 aliphatic rings. The largest absolute Gasteiger partial charge is 0.387 e. The predicted octanol–water partition coefficient (Wildman–Crippen LogP) is 3.31. The van der Waals surface area contributed by atoms with Gasteiger partial charge in [0, 0.05) is 12.7 Å². The van der Waals surface area contributed by atoms with Crippen molar-refractivity contribution in [1.82, 2.24) is 4.98 Å². The second kappa shape index (κ2) is 4.82. The van der Waals surface area contributed by atoms with E-state index in [1.165, 1.54) is 6.07 Å². The van der Waals surface area contributed by atoms with Crippen LogP contribution < -0.4 is 10.6 Å². The quantitative estimate of drug-likeness (QED) is 0.850. The Morgan fingerprint density at radius 2 is 1.82 bits per heavy atom. The maximum absolute atomic E-state index is 13.4. The number of nitrogens with zero attached hydrogens (tertiary/aromatic N) is 1. The molecule has 0 saturated carbocycles. The Hall–Kier alpha value is -2.10. The van der Waals surface area contributed by atoms with E-state index in [4.69, 9.17) is 0 Å². The maximum atomic E-state index is 13.4. The van der Waals surface area contributed by atoms with Crippen LogP contribution in [-0.4, -0.2) is 12.0 Å². The van der Waals surface area contributed by atoms with Crippen LogP contribution in [-0.2, 0) is 0 Å². The van der Waals surface area contributed by atoms with Crippen LogP contribution in [0.3, 0.4) is 0 Å². The van der Waals surface area contributed by atoms with Crippen molar-refractivity contribution in [2.24, 2.45) is 0 Å². The fraction of sp³-hybridized carbons (Fsp3) is 0.154. The Bertz CT molecular complexity index is 526. The van der Waals surface area contributed by atoms with Gasteiger partial charge in [0.2, 0.25) is 0 Å². The van der Waals surface area contributed by atoms with E-state index in [9.17, 15) is 4.39 Å². The molecule has 4 heteroatoms. The Labute approximate surface area is 99.7 Å². The van der Waals surface area contributed by atoms with E-state index in [-0.39, 0.29) is 5.82 Å². The van der Waals surface area contributed by atoms with E-state index >= 15 is 0 Å². The normalized spacial score (nSPS) is 10.1. The molecule has 0 fully saturated rings. The van der Waals surface area contributed by atoms with Gasteiger partial charge in [0.15, 0.2) is 0 Å². The molecule has 0 bridgehead atoms. The van der Waals surface area contributed by atoms with E-state index < -0.39 is 0 Å². The van der Waals surface area contributed by atoms with Gasteiger partial charge in [-0.25, -0.2) is 4.39 Å². The Balaban J connectivity index is 2.22. The Kier molecular flexibility index (Phi) is 3.23. The molecule has 0 radical (unpaired) electrons. The number of halogens is 1. The highest BCUT2D eigenvalue weighted by Gasteiger charge is 2.00. The minimum absolute atomic E-state index is 0.215. The summed E-state index contributed by atoms with van der Waals surface area (Å²) in [4.78, 5) is 4.07. The van der Waals surface area contributed by atoms with Gasteiger partial charge in [-0.05, 0) is 30.7 Å². The summed E-state index contributed by atoms with van der Waals surface area (Å²) in [5, 5.41) is 6.10. The molecule has 0 unspecified atom stereocenters. The van der Waals surface area contributed by atoms with Crippen LogP contribution in [0.1, 0.15) is 5.56 Å². The zero-order valence-electron chi connectivity index (χ0n) is 9.79. The fourth-order valence-electron chi connectivity index (χ4n) is 1.48. The summed E-state index contributed by atoms with van der Waals surface area (Å²) in [6, 6.07) is 6.96. The zero-order valence-corrected chi connectivity index (χ0v) is 9.79. The molecule has 0 aliphatic heterocycles. The van der Waals surface area contributed by atoms with Crippen LogP contribution in [0.15, 0.2) is 36.7 Å². The molecule has 88 valence electrons. The molecule has 0 atom stereocenters. The number of benzene rings is 1. The minimum atomic E-state index is -0.215. The topological polar surface area (TPSA) is 37.0 Å². The van der Waals surface area contributed by atoms with Crippen molar-refractivity contribution in [3.8, 4) is 0 Å². The number of anilines is 3. The minimum Gasteiger partial charge on any atom is -0.387 e. The van der Waals surface area contributed by atoms with Gasteiger partial charge in [-0.3, -0.25) is 4.98 Å². The lowest BCUT2D eigenvalue weighted by Crippen LogP contribution is -1.95. The molecule has 1 aromatic heterocycles. The summed E-state index contributed by atoms with van der Waals surface area (Å²) in [5.74, 6) is -0.215. The number of aryl methyl sites for hydroxylation is 1. The summed E-state index contributed by atoms with van der Waals surface area (Å²) in [6.07, 6.45) is 3.42. The number of aromatic nitrogens is 1. The summed E-state index contributed by atoms with van der Waals surface area (Å²) >= 11 is 0. The third kappa shape index (κ3) is 2.72. The van der Waals surface area contributed by atoms with Crippen molar-refractivity contribution in [1.29, 1.82) is 0 Å². The van der Waals surface area contributed by atoms with Crippen LogP contribution in [0.25, 0.3) is 0 Å². The lowest BCUT2D eigenvalue weighted by molar-refractivity contribution is 0.619. The zero-order chi connectivity index (χ0) is 12.3. The van der Waals surface area contributed by atoms with Crippen molar-refractivity contribution < 1.29 is 4.39 Å². The van der Waals surface area contributed by atoms with E-state index in [0.717, 1.165) is 11.4 Å². The summed E-state index contributed by atoms with van der Waals surface area (Å²) in [6.45, 7) is 1.74. The van der Waals surface area contributed by atoms with E-state index in [1.54, 1.807) is 25.4 Å². The molecular weight excluding hydrogens is 217 g/mol. The van der Waals surface area contributed by atoms with Crippen molar-refractivity contribution >= 4 is 17.1 Å². The number of rotatable bonds is 3. The standard InChI is InChI=1S/C13H14FN3/c1-9-3-4-10(6-13(9)14)17-12-5-11(15-2)7-16-8-12/h3-8,15,17H,1-2H3. The average molecular weight is 231 g/mol. The first-order chi connectivity index (χ1) is 8.19. The molecule has 1 aromatic carbocycles. The maximum Gasteiger partial charge on any atom is 0.128 e. The second-order valence-electron chi connectivity index (χ2n) is 3.80. The molecule has 3 nitrogen and oxygen atoms in total. The predicted molar refractivity (Wildman–Crippen MR) is 68.2 cm³/mol. The highest BCUT2D eigenvalue weighted by molar-refractivity contribution is 5.63. The first-order valence-corrected chi connectivity index (χ1v) is 5.35. The Morgan fingerprint density at radius 3 is 2.53 bits per heavy atom. The van der Waals surface area contributed by atoms with Gasteiger partial charge in [0.1, 0.15) is 5.82 Å². The number of hydrogen-bond donors (Lipinski definition) is 2. The first kappa shape index (κ1) is 11.4. The molecule has 2 rings (SSSR count). The first-order valence-electron chi connectivity index (χ1n) is 5.35. The highest BCUT2D eigenvalue weighted by atomic mass is 19.1. The SMILES string of the molecule is CNc1cncc(Nc2ccc(C)c(F)c2)c1. The molecule has 0 saturated heterocycles. The van der Waals surface area contributed by atoms with Crippen molar-refractivity contribution in [3.05, 3.63) is 48.0 Å². The molecule has 0 aliphatic carbocycles. The third-order valence-electron chi connectivity index (χ3n) is 2.49. The third-order valence-corrected chi connectivity index (χ3v) is 2.49. The lowest BCUT2D eigenvalue weighted by Gasteiger charge is -2.08. The highest BCUT2D eigenvalue weighted by Crippen LogP contribution is 2.20. The lowest BCUT2D eigenvalue weighted by atomic mass is 10.2. The molecule has 17 heavy (non-hydrogen) atoms. The van der Waals surface area contributed by atoms with Crippen LogP contribution in [0.4, 0.5) is 21.5 Å². The number of hydrogen-bond acceptors (Lipinski definition) is 3. The van der Waals surface area contributed by atoms with Gasteiger partial charge in [-0.2, -0.15) is 0 Å². The van der Waals surface area contributed by atoms with Crippen LogP contribution in [0, 0.1) is 12.7 Å². The van der Waals surface area contributed by atoms with Crippen LogP contribution in [0.2, 0.25) is 0 Å². The van der Waals surface area contributed by atoms with E-state index in [2.05, 4.69) is 15.6 Å². The van der Waals surface area contributed by atoms with E-state index in [0.29, 0.717) is 11.3 Å². The number of nitrogens with one attached hydrogen (secondary N) is 2. The van der Waals surface area contributed by atoms with E-state index in [1.807, 2.05) is 19.2 Å². The molecule has 0 spiro atoms. The monoisotopic (exact) mass is 231 g/mol. The van der Waals surface area contributed by atoms with Gasteiger partial charge < -0.3 is 10.6 Å². The summed E-state index contributed by atoms with van der Waals surface area (Å²) in [7, 11) is 1.83. The molecule has 2 N–H and O–H groups in total. The van der Waals surface area contributed by atoms with Gasteiger partial charge in [-0.15, -0.1) is 0 Å². The van der Waals surface area contributed by atoms with Crippen LogP contribution >= 0.6 is 0 Å². The average Bonchev–Trinajstić information content (AvgIpc) is 2.34. The molecule has 1 heterocycles. The summed E-state index contributed by atoms with van der Waals surface area (Å²) < 4.78 is 13.4. The van der Waals surface area contributed by atoms with Gasteiger partial charge in [-0.1, -0.05) is 6.07 Å². The summed E-state index contributed by atoms with van der Waals surface area (Å²) in [5.41, 5.74) is 3.07. The smallest absolute Gasteiger partial charge is 0.128 e. The second-order valence-corrected chi connectivity index (χ2v) is 3.80. The Morgan fingerprint density at radius 1 is 1.06 bits per heavy atom. The van der Waals surface area contributed by atoms with Crippen LogP contribution in [0.5, 0.6) is 0 Å². The number of pyridine rings is 1. The molecular formula is C13H14FN3.